The summed E-state index contributed by atoms with van der Waals surface area (Å²) >= 11 is 5.28. The topological polar surface area (TPSA) is 45.1 Å². The molecule has 0 radical (unpaired) electrons. The molecule has 118 valence electrons. The number of unbranched alkanes of at least 4 members (excludes halogenated alkanes) is 1. The van der Waals surface area contributed by atoms with Crippen LogP contribution in [0, 0.1) is 5.92 Å². The van der Waals surface area contributed by atoms with Crippen molar-refractivity contribution in [2.45, 2.75) is 19.8 Å². The zero-order valence-corrected chi connectivity index (χ0v) is 13.6. The number of rotatable bonds is 4. The van der Waals surface area contributed by atoms with Crippen LogP contribution in [-0.2, 0) is 9.53 Å². The second kappa shape index (κ2) is 6.71. The lowest BCUT2D eigenvalue weighted by molar-refractivity contribution is -0.128. The van der Waals surface area contributed by atoms with E-state index < -0.39 is 0 Å². The van der Waals surface area contributed by atoms with Gasteiger partial charge in [0.15, 0.2) is 0 Å². The van der Waals surface area contributed by atoms with Crippen LogP contribution in [0.15, 0.2) is 28.9 Å². The van der Waals surface area contributed by atoms with Gasteiger partial charge in [-0.2, -0.15) is 0 Å². The van der Waals surface area contributed by atoms with Crippen LogP contribution >= 0.6 is 12.2 Å². The van der Waals surface area contributed by atoms with Crippen molar-refractivity contribution in [2.24, 2.45) is 10.9 Å². The summed E-state index contributed by atoms with van der Waals surface area (Å²) in [6.07, 6.45) is 7.95. The molecule has 1 amide bonds. The Kier molecular flexibility index (Phi) is 4.69. The first-order chi connectivity index (χ1) is 10.7. The maximum atomic E-state index is 12.7. The van der Waals surface area contributed by atoms with Gasteiger partial charge in [0.25, 0.3) is 0 Å². The van der Waals surface area contributed by atoms with E-state index in [9.17, 15) is 4.79 Å². The lowest BCUT2D eigenvalue weighted by Crippen LogP contribution is -2.47. The molecule has 0 aromatic heterocycles. The highest BCUT2D eigenvalue weighted by Gasteiger charge is 2.35. The van der Waals surface area contributed by atoms with Crippen molar-refractivity contribution >= 4 is 28.9 Å². The third-order valence-corrected chi connectivity index (χ3v) is 4.49. The fraction of sp³-hybridized carbons (Fsp3) is 0.562. The molecule has 1 aliphatic carbocycles. The zero-order valence-electron chi connectivity index (χ0n) is 12.8. The number of morpholine rings is 1. The summed E-state index contributed by atoms with van der Waals surface area (Å²) in [5.41, 5.74) is 1.85. The lowest BCUT2D eigenvalue weighted by Gasteiger charge is -2.35. The van der Waals surface area contributed by atoms with Gasteiger partial charge in [-0.05, 0) is 36.9 Å². The Bertz CT molecular complexity index is 562. The van der Waals surface area contributed by atoms with Crippen LogP contribution in [0.1, 0.15) is 19.8 Å². The van der Waals surface area contributed by atoms with Crippen molar-refractivity contribution in [3.8, 4) is 0 Å². The molecule has 1 unspecified atom stereocenters. The molecular formula is C16H21N3O2S. The number of hydrogen-bond acceptors (Lipinski definition) is 4. The number of carbonyl (C=O) groups excluding carboxylic acids is 1. The summed E-state index contributed by atoms with van der Waals surface area (Å²) in [6.45, 7) is 5.95. The van der Waals surface area contributed by atoms with Gasteiger partial charge in [-0.25, -0.2) is 4.99 Å². The average molecular weight is 319 g/mol. The van der Waals surface area contributed by atoms with Crippen molar-refractivity contribution in [2.75, 3.05) is 32.8 Å². The van der Waals surface area contributed by atoms with Gasteiger partial charge in [-0.1, -0.05) is 13.3 Å². The van der Waals surface area contributed by atoms with E-state index in [1.807, 2.05) is 18.2 Å². The predicted octanol–water partition coefficient (Wildman–Crippen LogP) is 1.76. The minimum absolute atomic E-state index is 0.0542. The average Bonchev–Trinajstić information content (AvgIpc) is 2.55. The summed E-state index contributed by atoms with van der Waals surface area (Å²) in [5.74, 6) is -0.245. The van der Waals surface area contributed by atoms with Crippen molar-refractivity contribution in [3.63, 3.8) is 0 Å². The number of aliphatic imine (C=N–C) groups is 1. The molecule has 0 bridgehead atoms. The van der Waals surface area contributed by atoms with Crippen molar-refractivity contribution < 1.29 is 9.53 Å². The Morgan fingerprint density at radius 1 is 1.36 bits per heavy atom. The maximum Gasteiger partial charge on any atom is 0.241 e. The minimum Gasteiger partial charge on any atom is -0.378 e. The molecule has 6 heteroatoms. The molecule has 0 saturated carbocycles. The summed E-state index contributed by atoms with van der Waals surface area (Å²) in [6, 6.07) is 0. The van der Waals surface area contributed by atoms with Gasteiger partial charge in [-0.3, -0.25) is 9.69 Å². The van der Waals surface area contributed by atoms with Crippen molar-refractivity contribution in [3.05, 3.63) is 23.9 Å². The van der Waals surface area contributed by atoms with Gasteiger partial charge < -0.3 is 9.64 Å². The van der Waals surface area contributed by atoms with Gasteiger partial charge in [-0.15, -0.1) is 0 Å². The number of amides is 1. The van der Waals surface area contributed by atoms with Crippen LogP contribution in [0.25, 0.3) is 0 Å². The molecule has 3 aliphatic rings. The first-order valence-electron chi connectivity index (χ1n) is 7.87. The Morgan fingerprint density at radius 3 is 2.86 bits per heavy atom. The van der Waals surface area contributed by atoms with Gasteiger partial charge in [0.05, 0.1) is 18.9 Å². The fourth-order valence-corrected chi connectivity index (χ4v) is 3.16. The number of nitrogens with zero attached hydrogens (tertiary/aromatic N) is 3. The molecule has 2 heterocycles. The Hall–Kier alpha value is -1.53. The molecule has 0 aromatic carbocycles. The summed E-state index contributed by atoms with van der Waals surface area (Å²) in [5, 5.41) is 0.401. The highest BCUT2D eigenvalue weighted by molar-refractivity contribution is 7.80. The van der Waals surface area contributed by atoms with E-state index in [4.69, 9.17) is 17.0 Å². The van der Waals surface area contributed by atoms with Gasteiger partial charge >= 0.3 is 0 Å². The highest BCUT2D eigenvalue weighted by atomic mass is 32.1. The van der Waals surface area contributed by atoms with E-state index in [0.29, 0.717) is 11.7 Å². The molecule has 0 N–H and O–H groups in total. The first-order valence-corrected chi connectivity index (χ1v) is 8.28. The van der Waals surface area contributed by atoms with E-state index in [1.54, 1.807) is 4.90 Å². The van der Waals surface area contributed by atoms with Gasteiger partial charge in [0, 0.05) is 25.3 Å². The lowest BCUT2D eigenvalue weighted by atomic mass is 9.93. The second-order valence-electron chi connectivity index (χ2n) is 5.66. The van der Waals surface area contributed by atoms with E-state index >= 15 is 0 Å². The molecule has 2 aliphatic heterocycles. The molecular weight excluding hydrogens is 298 g/mol. The van der Waals surface area contributed by atoms with Crippen LogP contribution in [0.4, 0.5) is 0 Å². The van der Waals surface area contributed by atoms with Crippen LogP contribution in [0.2, 0.25) is 0 Å². The zero-order chi connectivity index (χ0) is 15.5. The summed E-state index contributed by atoms with van der Waals surface area (Å²) in [7, 11) is 0. The van der Waals surface area contributed by atoms with Crippen LogP contribution in [0.3, 0.4) is 0 Å². The van der Waals surface area contributed by atoms with E-state index in [-0.39, 0.29) is 11.8 Å². The summed E-state index contributed by atoms with van der Waals surface area (Å²) < 4.78 is 5.38. The third-order valence-electron chi connectivity index (χ3n) is 4.18. The quantitative estimate of drug-likeness (QED) is 0.741. The minimum atomic E-state index is -0.300. The van der Waals surface area contributed by atoms with E-state index in [0.717, 1.165) is 50.6 Å². The Balaban J connectivity index is 1.81. The number of fused-ring (bicyclic) bond motifs is 1. The normalized spacial score (nSPS) is 25.0. The predicted molar refractivity (Wildman–Crippen MR) is 89.8 cm³/mol. The third kappa shape index (κ3) is 2.98. The van der Waals surface area contributed by atoms with Crippen LogP contribution in [0.5, 0.6) is 0 Å². The number of ether oxygens (including phenoxy) is 1. The molecule has 5 nitrogen and oxygen atoms in total. The highest BCUT2D eigenvalue weighted by Crippen LogP contribution is 2.25. The van der Waals surface area contributed by atoms with Crippen LogP contribution < -0.4 is 0 Å². The Morgan fingerprint density at radius 2 is 2.14 bits per heavy atom. The smallest absolute Gasteiger partial charge is 0.241 e. The molecule has 0 spiro atoms. The Labute approximate surface area is 136 Å². The molecule has 1 fully saturated rings. The monoisotopic (exact) mass is 319 g/mol. The van der Waals surface area contributed by atoms with E-state index in [2.05, 4.69) is 16.8 Å². The molecule has 0 aromatic rings. The fourth-order valence-electron chi connectivity index (χ4n) is 2.88. The van der Waals surface area contributed by atoms with Gasteiger partial charge in [0.2, 0.25) is 11.0 Å². The van der Waals surface area contributed by atoms with E-state index in [1.165, 1.54) is 0 Å². The molecule has 1 saturated heterocycles. The molecule has 3 rings (SSSR count). The number of carbonyl (C=O) groups is 1. The first kappa shape index (κ1) is 15.4. The SMILES string of the molecule is CCCCN1C(=O)C2C=C(N3CCOCC3)C=CC2=NC1=S. The van der Waals surface area contributed by atoms with Crippen molar-refractivity contribution in [1.82, 2.24) is 9.80 Å². The standard InChI is InChI=1S/C16H21N3O2S/c1-2-3-6-19-15(20)13-11-12(18-7-9-21-10-8-18)4-5-14(13)17-16(19)22/h4-5,11,13H,2-3,6-10H2,1H3. The van der Waals surface area contributed by atoms with Crippen LogP contribution in [-0.4, -0.2) is 59.4 Å². The number of hydrogen-bond donors (Lipinski definition) is 0. The number of thiocarbonyl (C=S) groups is 1. The second-order valence-corrected chi connectivity index (χ2v) is 6.03. The summed E-state index contributed by atoms with van der Waals surface area (Å²) in [4.78, 5) is 21.1. The van der Waals surface area contributed by atoms with Crippen molar-refractivity contribution in [1.29, 1.82) is 0 Å². The molecule has 22 heavy (non-hydrogen) atoms. The number of allylic oxidation sites excluding steroid dienone is 2. The largest absolute Gasteiger partial charge is 0.378 e. The maximum absolute atomic E-state index is 12.7. The van der Waals surface area contributed by atoms with Gasteiger partial charge in [0.1, 0.15) is 5.92 Å². The molecule has 1 atom stereocenters.